The molecule has 3 rings (SSSR count). The van der Waals surface area contributed by atoms with Crippen LogP contribution in [-0.4, -0.2) is 13.4 Å². The highest BCUT2D eigenvalue weighted by atomic mass is 32.2. The number of hydrogen-bond donors (Lipinski definition) is 0. The van der Waals surface area contributed by atoms with Crippen LogP contribution in [-0.2, 0) is 10.1 Å². The first-order valence-electron chi connectivity index (χ1n) is 6.21. The molecular weight excluding hydrogens is 338 g/mol. The Kier molecular flexibility index (Phi) is 3.77. The standard InChI is InChI=1S/C14H7N3O4S2/c15-8-14-16-10-6-5-9(7-12(10)22-14)21-23(19,20)13-4-2-1-3-11(13)17-18/h1-7H. The van der Waals surface area contributed by atoms with Crippen LogP contribution in [0.15, 0.2) is 52.5 Å². The largest absolute Gasteiger partial charge is 0.379 e. The third-order valence-electron chi connectivity index (χ3n) is 2.89. The Hall–Kier alpha value is -2.83. The number of hydrogen-bond acceptors (Lipinski definition) is 8. The first kappa shape index (κ1) is 15.1. The quantitative estimate of drug-likeness (QED) is 0.530. The molecule has 0 saturated heterocycles. The summed E-state index contributed by atoms with van der Waals surface area (Å²) in [5, 5.41) is 11.8. The van der Waals surface area contributed by atoms with Crippen molar-refractivity contribution in [3.05, 3.63) is 52.4 Å². The van der Waals surface area contributed by atoms with E-state index in [1.807, 2.05) is 6.07 Å². The van der Waals surface area contributed by atoms with Crippen LogP contribution in [0.25, 0.3) is 10.2 Å². The molecule has 0 aliphatic carbocycles. The smallest absolute Gasteiger partial charge is 0.341 e. The van der Waals surface area contributed by atoms with Gasteiger partial charge in [-0.2, -0.15) is 13.7 Å². The van der Waals surface area contributed by atoms with Crippen LogP contribution in [0.5, 0.6) is 5.75 Å². The van der Waals surface area contributed by atoms with Gasteiger partial charge in [0.15, 0.2) is 5.01 Å². The minimum Gasteiger partial charge on any atom is -0.379 e. The second kappa shape index (κ2) is 5.75. The van der Waals surface area contributed by atoms with Crippen LogP contribution in [0, 0.1) is 16.2 Å². The number of nitroso groups, excluding NO2 is 1. The molecule has 0 atom stereocenters. The molecule has 2 aromatic carbocycles. The summed E-state index contributed by atoms with van der Waals surface area (Å²) in [6.45, 7) is 0. The van der Waals surface area contributed by atoms with E-state index in [0.717, 1.165) is 11.3 Å². The van der Waals surface area contributed by atoms with E-state index in [4.69, 9.17) is 9.44 Å². The molecular formula is C14H7N3O4S2. The fourth-order valence-electron chi connectivity index (χ4n) is 1.92. The minimum absolute atomic E-state index is 0.0614. The maximum Gasteiger partial charge on any atom is 0.341 e. The number of benzene rings is 2. The molecule has 0 aliphatic heterocycles. The van der Waals surface area contributed by atoms with Crippen molar-refractivity contribution in [2.75, 3.05) is 0 Å². The lowest BCUT2D eigenvalue weighted by Gasteiger charge is -2.07. The number of fused-ring (bicyclic) bond motifs is 1. The number of rotatable bonds is 4. The van der Waals surface area contributed by atoms with Crippen LogP contribution < -0.4 is 4.18 Å². The molecule has 3 aromatic rings. The average Bonchev–Trinajstić information content (AvgIpc) is 2.96. The number of thiazole rings is 1. The summed E-state index contributed by atoms with van der Waals surface area (Å²) in [5.74, 6) is 0.0614. The van der Waals surface area contributed by atoms with Gasteiger partial charge in [0.1, 0.15) is 22.4 Å². The van der Waals surface area contributed by atoms with Crippen LogP contribution in [0.4, 0.5) is 5.69 Å². The lowest BCUT2D eigenvalue weighted by atomic mass is 10.3. The number of nitriles is 1. The highest BCUT2D eigenvalue weighted by Crippen LogP contribution is 2.30. The summed E-state index contributed by atoms with van der Waals surface area (Å²) < 4.78 is 30.3. The maximum atomic E-state index is 12.3. The Morgan fingerprint density at radius 1 is 1.22 bits per heavy atom. The Morgan fingerprint density at radius 2 is 2.00 bits per heavy atom. The van der Waals surface area contributed by atoms with Crippen LogP contribution in [0.2, 0.25) is 0 Å². The molecule has 0 spiro atoms. The van der Waals surface area contributed by atoms with Crippen molar-refractivity contribution in [1.82, 2.24) is 4.98 Å². The number of nitrogens with zero attached hydrogens (tertiary/aromatic N) is 3. The SMILES string of the molecule is N#Cc1nc2ccc(OS(=O)(=O)c3ccccc3N=O)cc2s1. The predicted molar refractivity (Wildman–Crippen MR) is 84.0 cm³/mol. The Bertz CT molecular complexity index is 1050. The van der Waals surface area contributed by atoms with Crippen LogP contribution >= 0.6 is 11.3 Å². The molecule has 114 valence electrons. The van der Waals surface area contributed by atoms with E-state index >= 15 is 0 Å². The topological polar surface area (TPSA) is 109 Å². The van der Waals surface area contributed by atoms with Crippen molar-refractivity contribution in [1.29, 1.82) is 5.26 Å². The van der Waals surface area contributed by atoms with Gasteiger partial charge in [-0.3, -0.25) is 0 Å². The highest BCUT2D eigenvalue weighted by Gasteiger charge is 2.21. The second-order valence-corrected chi connectivity index (χ2v) is 6.90. The van der Waals surface area contributed by atoms with Gasteiger partial charge in [0, 0.05) is 6.07 Å². The summed E-state index contributed by atoms with van der Waals surface area (Å²) in [7, 11) is -4.20. The molecule has 0 unspecified atom stereocenters. The van der Waals surface area contributed by atoms with Gasteiger partial charge in [-0.15, -0.1) is 16.2 Å². The Morgan fingerprint density at radius 3 is 2.74 bits per heavy atom. The fraction of sp³-hybridized carbons (Fsp3) is 0. The summed E-state index contributed by atoms with van der Waals surface area (Å²) in [5.41, 5.74) is 0.351. The summed E-state index contributed by atoms with van der Waals surface area (Å²) in [6, 6.07) is 11.9. The zero-order valence-electron chi connectivity index (χ0n) is 11.3. The first-order chi connectivity index (χ1) is 11.0. The van der Waals surface area contributed by atoms with Crippen molar-refractivity contribution in [2.24, 2.45) is 5.18 Å². The van der Waals surface area contributed by atoms with Gasteiger partial charge in [0.2, 0.25) is 0 Å². The van der Waals surface area contributed by atoms with Crippen LogP contribution in [0.3, 0.4) is 0 Å². The van der Waals surface area contributed by atoms with Gasteiger partial charge in [-0.1, -0.05) is 12.1 Å². The summed E-state index contributed by atoms with van der Waals surface area (Å²) >= 11 is 1.13. The fourth-order valence-corrected chi connectivity index (χ4v) is 3.76. The van der Waals surface area contributed by atoms with Crippen molar-refractivity contribution >= 4 is 37.4 Å². The van der Waals surface area contributed by atoms with E-state index in [1.54, 1.807) is 6.07 Å². The van der Waals surface area contributed by atoms with Crippen molar-refractivity contribution in [3.63, 3.8) is 0 Å². The zero-order chi connectivity index (χ0) is 16.4. The zero-order valence-corrected chi connectivity index (χ0v) is 13.0. The third kappa shape index (κ3) is 2.90. The van der Waals surface area contributed by atoms with Gasteiger partial charge in [0.05, 0.1) is 10.2 Å². The molecule has 0 bridgehead atoms. The monoisotopic (exact) mass is 345 g/mol. The predicted octanol–water partition coefficient (Wildman–Crippen LogP) is 3.33. The van der Waals surface area contributed by atoms with Gasteiger partial charge in [-0.05, 0) is 29.4 Å². The van der Waals surface area contributed by atoms with Crippen molar-refractivity contribution in [3.8, 4) is 11.8 Å². The molecule has 0 fully saturated rings. The molecule has 0 N–H and O–H groups in total. The van der Waals surface area contributed by atoms with E-state index in [2.05, 4.69) is 10.2 Å². The van der Waals surface area contributed by atoms with Crippen molar-refractivity contribution < 1.29 is 12.6 Å². The maximum absolute atomic E-state index is 12.3. The van der Waals surface area contributed by atoms with Gasteiger partial charge < -0.3 is 4.18 Å². The van der Waals surface area contributed by atoms with E-state index in [-0.39, 0.29) is 21.3 Å². The number of aromatic nitrogens is 1. The van der Waals surface area contributed by atoms with E-state index in [0.29, 0.717) is 10.2 Å². The summed E-state index contributed by atoms with van der Waals surface area (Å²) in [6.07, 6.45) is 0. The molecule has 1 heterocycles. The van der Waals surface area contributed by atoms with E-state index in [9.17, 15) is 13.3 Å². The molecule has 23 heavy (non-hydrogen) atoms. The molecule has 0 saturated carbocycles. The Balaban J connectivity index is 2.00. The lowest BCUT2D eigenvalue weighted by molar-refractivity contribution is 0.487. The van der Waals surface area contributed by atoms with Gasteiger partial charge in [0.25, 0.3) is 0 Å². The average molecular weight is 345 g/mol. The van der Waals surface area contributed by atoms with Gasteiger partial charge in [-0.25, -0.2) is 4.98 Å². The third-order valence-corrected chi connectivity index (χ3v) is 5.11. The molecule has 0 aliphatic rings. The molecule has 9 heteroatoms. The van der Waals surface area contributed by atoms with Gasteiger partial charge >= 0.3 is 10.1 Å². The highest BCUT2D eigenvalue weighted by molar-refractivity contribution is 7.87. The molecule has 0 amide bonds. The molecule has 0 radical (unpaired) electrons. The first-order valence-corrected chi connectivity index (χ1v) is 8.43. The van der Waals surface area contributed by atoms with E-state index < -0.39 is 10.1 Å². The Labute approximate surface area is 134 Å². The minimum atomic E-state index is -4.20. The van der Waals surface area contributed by atoms with Crippen LogP contribution in [0.1, 0.15) is 5.01 Å². The molecule has 7 nitrogen and oxygen atoms in total. The molecule has 1 aromatic heterocycles. The van der Waals surface area contributed by atoms with Crippen molar-refractivity contribution in [2.45, 2.75) is 4.90 Å². The second-order valence-electron chi connectivity index (χ2n) is 4.36. The lowest BCUT2D eigenvalue weighted by Crippen LogP contribution is -2.09. The van der Waals surface area contributed by atoms with E-state index in [1.165, 1.54) is 36.4 Å². The normalized spacial score (nSPS) is 11.1. The summed E-state index contributed by atoms with van der Waals surface area (Å²) in [4.78, 5) is 14.5.